The van der Waals surface area contributed by atoms with E-state index < -0.39 is 0 Å². The third-order valence-electron chi connectivity index (χ3n) is 4.82. The van der Waals surface area contributed by atoms with Crippen LogP contribution in [0.2, 0.25) is 0 Å². The molecule has 1 aromatic rings. The molecule has 1 aromatic carbocycles. The number of carbonyl (C=O) groups is 1. The fourth-order valence-corrected chi connectivity index (χ4v) is 3.49. The fraction of sp³-hybridized carbons (Fsp3) is 0.632. The van der Waals surface area contributed by atoms with Crippen LogP contribution in [0.4, 0.5) is 0 Å². The minimum absolute atomic E-state index is 0. The number of hydrogen-bond donors (Lipinski definition) is 1. The van der Waals surface area contributed by atoms with E-state index in [9.17, 15) is 4.79 Å². The lowest BCUT2D eigenvalue weighted by Crippen LogP contribution is -2.47. The molecule has 1 aliphatic heterocycles. The third-order valence-corrected chi connectivity index (χ3v) is 4.82. The number of hydrogen-bond acceptors (Lipinski definition) is 3. The van der Waals surface area contributed by atoms with Gasteiger partial charge in [0.1, 0.15) is 5.75 Å². The van der Waals surface area contributed by atoms with Crippen LogP contribution in [0, 0.1) is 5.92 Å². The van der Waals surface area contributed by atoms with Gasteiger partial charge in [-0.25, -0.2) is 0 Å². The van der Waals surface area contributed by atoms with Crippen molar-refractivity contribution in [2.45, 2.75) is 52.1 Å². The zero-order chi connectivity index (χ0) is 16.8. The van der Waals surface area contributed by atoms with E-state index in [0.29, 0.717) is 11.9 Å². The molecule has 4 nitrogen and oxygen atoms in total. The van der Waals surface area contributed by atoms with E-state index >= 15 is 0 Å². The van der Waals surface area contributed by atoms with E-state index in [1.54, 1.807) is 7.11 Å². The van der Waals surface area contributed by atoms with Gasteiger partial charge in [0.05, 0.1) is 7.11 Å². The Hall–Kier alpha value is -1.26. The molecule has 1 N–H and O–H groups in total. The molecule has 0 saturated carbocycles. The lowest BCUT2D eigenvalue weighted by atomic mass is 9.91. The second-order valence-corrected chi connectivity index (χ2v) is 6.60. The monoisotopic (exact) mass is 354 g/mol. The van der Waals surface area contributed by atoms with E-state index in [2.05, 4.69) is 38.2 Å². The zero-order valence-corrected chi connectivity index (χ0v) is 16.1. The summed E-state index contributed by atoms with van der Waals surface area (Å²) in [5.41, 5.74) is 1.24. The van der Waals surface area contributed by atoms with Crippen molar-refractivity contribution in [2.24, 2.45) is 5.92 Å². The third kappa shape index (κ3) is 5.38. The molecule has 1 unspecified atom stereocenters. The summed E-state index contributed by atoms with van der Waals surface area (Å²) in [5, 5.41) is 3.42. The fourth-order valence-electron chi connectivity index (χ4n) is 3.49. The summed E-state index contributed by atoms with van der Waals surface area (Å²) >= 11 is 0. The molecule has 1 heterocycles. The molecular weight excluding hydrogens is 324 g/mol. The van der Waals surface area contributed by atoms with Crippen LogP contribution >= 0.6 is 12.4 Å². The Morgan fingerprint density at radius 2 is 2.04 bits per heavy atom. The predicted molar refractivity (Wildman–Crippen MR) is 101 cm³/mol. The Bertz CT molecular complexity index is 507. The van der Waals surface area contributed by atoms with Crippen molar-refractivity contribution in [1.29, 1.82) is 0 Å². The first-order valence-corrected chi connectivity index (χ1v) is 8.72. The van der Waals surface area contributed by atoms with Crippen LogP contribution < -0.4 is 10.1 Å². The van der Waals surface area contributed by atoms with Crippen LogP contribution in [0.3, 0.4) is 0 Å². The number of carbonyl (C=O) groups excluding carboxylic acids is 1. The highest BCUT2D eigenvalue weighted by Gasteiger charge is 2.30. The molecule has 3 atom stereocenters. The average molecular weight is 355 g/mol. The molecule has 2 rings (SSSR count). The number of ether oxygens (including phenoxy) is 1. The van der Waals surface area contributed by atoms with Crippen molar-refractivity contribution in [1.82, 2.24) is 10.2 Å². The molecule has 24 heavy (non-hydrogen) atoms. The number of rotatable bonds is 6. The number of nitrogens with one attached hydrogen (secondary N) is 1. The molecule has 0 radical (unpaired) electrons. The first-order chi connectivity index (χ1) is 11.0. The molecule has 1 saturated heterocycles. The Morgan fingerprint density at radius 1 is 1.38 bits per heavy atom. The first kappa shape index (κ1) is 20.8. The van der Waals surface area contributed by atoms with Crippen LogP contribution in [-0.2, 0) is 11.2 Å². The van der Waals surface area contributed by atoms with Crippen molar-refractivity contribution in [2.75, 3.05) is 20.2 Å². The normalized spacial score (nSPS) is 21.5. The second-order valence-electron chi connectivity index (χ2n) is 6.60. The van der Waals surface area contributed by atoms with E-state index in [1.165, 1.54) is 5.56 Å². The van der Waals surface area contributed by atoms with Gasteiger partial charge in [-0.3, -0.25) is 4.79 Å². The van der Waals surface area contributed by atoms with Crippen molar-refractivity contribution < 1.29 is 9.53 Å². The van der Waals surface area contributed by atoms with E-state index in [1.807, 2.05) is 17.0 Å². The highest BCUT2D eigenvalue weighted by atomic mass is 35.5. The summed E-state index contributed by atoms with van der Waals surface area (Å²) in [6.45, 7) is 8.11. The molecule has 1 fully saturated rings. The van der Waals surface area contributed by atoms with Crippen LogP contribution in [0.25, 0.3) is 0 Å². The van der Waals surface area contributed by atoms with Crippen molar-refractivity contribution >= 4 is 18.3 Å². The Balaban J connectivity index is 0.00000288. The van der Waals surface area contributed by atoms with Gasteiger partial charge in [0, 0.05) is 24.5 Å². The molecule has 5 heteroatoms. The summed E-state index contributed by atoms with van der Waals surface area (Å²) in [6.07, 6.45) is 2.78. The molecule has 0 bridgehead atoms. The van der Waals surface area contributed by atoms with Crippen LogP contribution in [0.5, 0.6) is 5.75 Å². The number of halogens is 1. The molecule has 1 amide bonds. The first-order valence-electron chi connectivity index (χ1n) is 8.72. The highest BCUT2D eigenvalue weighted by Crippen LogP contribution is 2.21. The standard InChI is InChI=1S/C19H30N2O2.ClH/c1-5-21(19(22)17-10-11-20-14(2)12-17)15(3)13-16-6-8-18(23-4)9-7-16;/h6-9,14-15,17,20H,5,10-13H2,1-4H3;1H/t14-,15?,17-;/m0./s1. The second kappa shape index (κ2) is 9.90. The van der Waals surface area contributed by atoms with Gasteiger partial charge in [0.15, 0.2) is 0 Å². The maximum Gasteiger partial charge on any atom is 0.226 e. The number of likely N-dealkylation sites (N-methyl/N-ethyl adjacent to an activating group) is 1. The van der Waals surface area contributed by atoms with Gasteiger partial charge in [-0.1, -0.05) is 12.1 Å². The number of amides is 1. The number of benzene rings is 1. The topological polar surface area (TPSA) is 41.6 Å². The van der Waals surface area contributed by atoms with Crippen molar-refractivity contribution in [3.8, 4) is 5.75 Å². The average Bonchev–Trinajstić information content (AvgIpc) is 2.56. The SMILES string of the molecule is CCN(C(=O)[C@H]1CCN[C@@H](C)C1)C(C)Cc1ccc(OC)cc1.Cl. The number of nitrogens with zero attached hydrogens (tertiary/aromatic N) is 1. The molecule has 0 spiro atoms. The summed E-state index contributed by atoms with van der Waals surface area (Å²) in [7, 11) is 1.68. The lowest BCUT2D eigenvalue weighted by Gasteiger charge is -2.35. The maximum absolute atomic E-state index is 12.9. The van der Waals surface area contributed by atoms with Crippen LogP contribution in [0.1, 0.15) is 39.2 Å². The summed E-state index contributed by atoms with van der Waals surface area (Å²) < 4.78 is 5.20. The molecule has 136 valence electrons. The number of piperidine rings is 1. The Morgan fingerprint density at radius 3 is 2.58 bits per heavy atom. The summed E-state index contributed by atoms with van der Waals surface area (Å²) in [6, 6.07) is 8.78. The zero-order valence-electron chi connectivity index (χ0n) is 15.2. The summed E-state index contributed by atoms with van der Waals surface area (Å²) in [5.74, 6) is 1.36. The van der Waals surface area contributed by atoms with Crippen LogP contribution in [-0.4, -0.2) is 43.1 Å². The summed E-state index contributed by atoms with van der Waals surface area (Å²) in [4.78, 5) is 14.9. The minimum Gasteiger partial charge on any atom is -0.497 e. The lowest BCUT2D eigenvalue weighted by molar-refractivity contribution is -0.138. The van der Waals surface area contributed by atoms with Gasteiger partial charge in [-0.05, 0) is 64.3 Å². The minimum atomic E-state index is 0. The molecule has 0 aromatic heterocycles. The van der Waals surface area contributed by atoms with Gasteiger partial charge in [-0.2, -0.15) is 0 Å². The van der Waals surface area contributed by atoms with Gasteiger partial charge < -0.3 is 15.0 Å². The highest BCUT2D eigenvalue weighted by molar-refractivity contribution is 5.85. The predicted octanol–water partition coefficient (Wildman–Crippen LogP) is 3.28. The molecule has 1 aliphatic rings. The van der Waals surface area contributed by atoms with Gasteiger partial charge in [0.25, 0.3) is 0 Å². The smallest absolute Gasteiger partial charge is 0.226 e. The molecule has 0 aliphatic carbocycles. The van der Waals surface area contributed by atoms with Gasteiger partial charge in [-0.15, -0.1) is 12.4 Å². The van der Waals surface area contributed by atoms with Gasteiger partial charge in [0.2, 0.25) is 5.91 Å². The van der Waals surface area contributed by atoms with Crippen molar-refractivity contribution in [3.63, 3.8) is 0 Å². The van der Waals surface area contributed by atoms with Crippen molar-refractivity contribution in [3.05, 3.63) is 29.8 Å². The maximum atomic E-state index is 12.9. The van der Waals surface area contributed by atoms with Crippen LogP contribution in [0.15, 0.2) is 24.3 Å². The quantitative estimate of drug-likeness (QED) is 0.852. The van der Waals surface area contributed by atoms with E-state index in [0.717, 1.165) is 38.1 Å². The molecular formula is C19H31ClN2O2. The number of methoxy groups -OCH3 is 1. The Labute approximate surface area is 152 Å². The largest absolute Gasteiger partial charge is 0.497 e. The Kier molecular flexibility index (Phi) is 8.57. The van der Waals surface area contributed by atoms with Gasteiger partial charge >= 0.3 is 0 Å². The van der Waals surface area contributed by atoms with E-state index in [4.69, 9.17) is 4.74 Å². The van der Waals surface area contributed by atoms with E-state index in [-0.39, 0.29) is 24.4 Å².